The summed E-state index contributed by atoms with van der Waals surface area (Å²) in [6.45, 7) is 2.42. The minimum absolute atomic E-state index is 0.110. The average molecular weight is 454 g/mol. The minimum Gasteiger partial charge on any atom is -0.326 e. The van der Waals surface area contributed by atoms with E-state index in [0.717, 1.165) is 18.0 Å². The normalized spacial score (nSPS) is 15.9. The highest BCUT2D eigenvalue weighted by Crippen LogP contribution is 2.22. The van der Waals surface area contributed by atoms with Crippen LogP contribution in [-0.4, -0.2) is 62.5 Å². The van der Waals surface area contributed by atoms with E-state index < -0.39 is 10.0 Å². The standard InChI is InChI=1S/C20H24ClN3O3S2/c1-23-11-13-24(14-12-23)29(26,27)19-8-4-17(5-9-19)22-20(25)10-15-28-18-6-2-16(21)3-7-18/h2-9H,10-15H2,1H3,(H,22,25). The third-order valence-electron chi connectivity index (χ3n) is 4.65. The summed E-state index contributed by atoms with van der Waals surface area (Å²) in [5.74, 6) is 0.532. The summed E-state index contributed by atoms with van der Waals surface area (Å²) in [4.78, 5) is 15.6. The predicted molar refractivity (Wildman–Crippen MR) is 118 cm³/mol. The third kappa shape index (κ3) is 6.20. The highest BCUT2D eigenvalue weighted by atomic mass is 35.5. The van der Waals surface area contributed by atoms with E-state index in [-0.39, 0.29) is 10.8 Å². The molecule has 1 heterocycles. The number of sulfonamides is 1. The molecule has 0 saturated carbocycles. The summed E-state index contributed by atoms with van der Waals surface area (Å²) in [6.07, 6.45) is 0.356. The maximum absolute atomic E-state index is 12.7. The number of amides is 1. The van der Waals surface area contributed by atoms with Crippen LogP contribution in [0.15, 0.2) is 58.3 Å². The van der Waals surface area contributed by atoms with E-state index in [0.29, 0.717) is 36.0 Å². The van der Waals surface area contributed by atoms with Crippen LogP contribution in [0.5, 0.6) is 0 Å². The summed E-state index contributed by atoms with van der Waals surface area (Å²) in [5, 5.41) is 3.50. The van der Waals surface area contributed by atoms with Gasteiger partial charge in [0.2, 0.25) is 15.9 Å². The number of nitrogens with one attached hydrogen (secondary N) is 1. The van der Waals surface area contributed by atoms with E-state index >= 15 is 0 Å². The first-order valence-corrected chi connectivity index (χ1v) is 12.1. The number of thioether (sulfide) groups is 1. The van der Waals surface area contributed by atoms with Crippen molar-refractivity contribution in [2.75, 3.05) is 44.3 Å². The van der Waals surface area contributed by atoms with Crippen molar-refractivity contribution >= 4 is 45.0 Å². The second-order valence-corrected chi connectivity index (χ2v) is 10.4. The molecule has 3 rings (SSSR count). The highest BCUT2D eigenvalue weighted by Gasteiger charge is 2.27. The molecule has 1 aliphatic heterocycles. The SMILES string of the molecule is CN1CCN(S(=O)(=O)c2ccc(NC(=O)CCSc3ccc(Cl)cc3)cc2)CC1. The maximum atomic E-state index is 12.7. The molecule has 1 fully saturated rings. The van der Waals surface area contributed by atoms with Gasteiger partial charge in [-0.2, -0.15) is 4.31 Å². The summed E-state index contributed by atoms with van der Waals surface area (Å²) >= 11 is 7.44. The van der Waals surface area contributed by atoms with Crippen molar-refractivity contribution in [2.24, 2.45) is 0 Å². The Kier molecular flexibility index (Phi) is 7.59. The Morgan fingerprint density at radius 1 is 1.03 bits per heavy atom. The van der Waals surface area contributed by atoms with Gasteiger partial charge < -0.3 is 10.2 Å². The van der Waals surface area contributed by atoms with Crippen LogP contribution in [0.25, 0.3) is 0 Å². The van der Waals surface area contributed by atoms with Crippen LogP contribution in [0.2, 0.25) is 5.02 Å². The number of piperazine rings is 1. The van der Waals surface area contributed by atoms with Gasteiger partial charge in [0.25, 0.3) is 0 Å². The van der Waals surface area contributed by atoms with Gasteiger partial charge in [-0.1, -0.05) is 11.6 Å². The first-order valence-electron chi connectivity index (χ1n) is 9.31. The van der Waals surface area contributed by atoms with E-state index in [2.05, 4.69) is 10.2 Å². The van der Waals surface area contributed by atoms with Gasteiger partial charge in [0.1, 0.15) is 0 Å². The number of likely N-dealkylation sites (N-methyl/N-ethyl adjacent to an activating group) is 1. The molecule has 0 atom stereocenters. The summed E-state index contributed by atoms with van der Waals surface area (Å²) in [5.41, 5.74) is 0.587. The predicted octanol–water partition coefficient (Wildman–Crippen LogP) is 3.40. The first-order chi connectivity index (χ1) is 13.8. The fourth-order valence-corrected chi connectivity index (χ4v) is 5.30. The van der Waals surface area contributed by atoms with Crippen LogP contribution in [0.4, 0.5) is 5.69 Å². The van der Waals surface area contributed by atoms with Gasteiger partial charge in [0, 0.05) is 54.0 Å². The number of carbonyl (C=O) groups excluding carboxylic acids is 1. The molecule has 156 valence electrons. The molecular weight excluding hydrogens is 430 g/mol. The lowest BCUT2D eigenvalue weighted by molar-refractivity contribution is -0.115. The zero-order valence-corrected chi connectivity index (χ0v) is 18.6. The van der Waals surface area contributed by atoms with Gasteiger partial charge in [0.15, 0.2) is 0 Å². The summed E-state index contributed by atoms with van der Waals surface area (Å²) < 4.78 is 27.0. The summed E-state index contributed by atoms with van der Waals surface area (Å²) in [6, 6.07) is 13.8. The van der Waals surface area contributed by atoms with Crippen molar-refractivity contribution in [2.45, 2.75) is 16.2 Å². The Morgan fingerprint density at radius 2 is 1.66 bits per heavy atom. The fourth-order valence-electron chi connectivity index (χ4n) is 2.90. The Balaban J connectivity index is 1.50. The van der Waals surface area contributed by atoms with Gasteiger partial charge in [-0.05, 0) is 55.6 Å². The lowest BCUT2D eigenvalue weighted by atomic mass is 10.3. The van der Waals surface area contributed by atoms with E-state index in [9.17, 15) is 13.2 Å². The third-order valence-corrected chi connectivity index (χ3v) is 7.83. The van der Waals surface area contributed by atoms with Crippen molar-refractivity contribution in [3.05, 3.63) is 53.6 Å². The molecule has 0 bridgehead atoms. The van der Waals surface area contributed by atoms with Crippen LogP contribution in [0.3, 0.4) is 0 Å². The topological polar surface area (TPSA) is 69.7 Å². The van der Waals surface area contributed by atoms with E-state index in [4.69, 9.17) is 11.6 Å². The molecule has 0 radical (unpaired) electrons. The molecule has 6 nitrogen and oxygen atoms in total. The Morgan fingerprint density at radius 3 is 2.28 bits per heavy atom. The van der Waals surface area contributed by atoms with Crippen molar-refractivity contribution < 1.29 is 13.2 Å². The number of anilines is 1. The number of carbonyl (C=O) groups is 1. The van der Waals surface area contributed by atoms with Crippen LogP contribution >= 0.6 is 23.4 Å². The number of hydrogen-bond donors (Lipinski definition) is 1. The summed E-state index contributed by atoms with van der Waals surface area (Å²) in [7, 11) is -1.52. The lowest BCUT2D eigenvalue weighted by Crippen LogP contribution is -2.46. The largest absolute Gasteiger partial charge is 0.326 e. The molecule has 0 unspecified atom stereocenters. The highest BCUT2D eigenvalue weighted by molar-refractivity contribution is 7.99. The lowest BCUT2D eigenvalue weighted by Gasteiger charge is -2.31. The quantitative estimate of drug-likeness (QED) is 0.650. The van der Waals surface area contributed by atoms with Crippen LogP contribution in [0, 0.1) is 0 Å². The minimum atomic E-state index is -3.50. The van der Waals surface area contributed by atoms with Crippen LogP contribution in [0.1, 0.15) is 6.42 Å². The average Bonchev–Trinajstić information content (AvgIpc) is 2.70. The zero-order chi connectivity index (χ0) is 20.9. The molecule has 0 spiro atoms. The number of nitrogens with zero attached hydrogens (tertiary/aromatic N) is 2. The van der Waals surface area contributed by atoms with Gasteiger partial charge in [-0.3, -0.25) is 4.79 Å². The number of halogens is 1. The van der Waals surface area contributed by atoms with Gasteiger partial charge in [-0.15, -0.1) is 11.8 Å². The molecule has 2 aromatic carbocycles. The number of hydrogen-bond acceptors (Lipinski definition) is 5. The van der Waals surface area contributed by atoms with Crippen molar-refractivity contribution in [1.29, 1.82) is 0 Å². The van der Waals surface area contributed by atoms with Gasteiger partial charge in [-0.25, -0.2) is 8.42 Å². The molecule has 9 heteroatoms. The molecule has 29 heavy (non-hydrogen) atoms. The molecular formula is C20H24ClN3O3S2. The van der Waals surface area contributed by atoms with Crippen molar-refractivity contribution in [3.63, 3.8) is 0 Å². The van der Waals surface area contributed by atoms with Gasteiger partial charge >= 0.3 is 0 Å². The maximum Gasteiger partial charge on any atom is 0.243 e. The van der Waals surface area contributed by atoms with E-state index in [1.54, 1.807) is 36.0 Å². The monoisotopic (exact) mass is 453 g/mol. The second kappa shape index (κ2) is 9.95. The Labute approximate surface area is 181 Å². The Hall–Kier alpha value is -1.58. The van der Waals surface area contributed by atoms with Crippen molar-refractivity contribution in [3.8, 4) is 0 Å². The van der Waals surface area contributed by atoms with Crippen LogP contribution < -0.4 is 5.32 Å². The van der Waals surface area contributed by atoms with E-state index in [1.807, 2.05) is 31.3 Å². The molecule has 1 saturated heterocycles. The Bertz CT molecular complexity index is 926. The second-order valence-electron chi connectivity index (χ2n) is 6.83. The van der Waals surface area contributed by atoms with Crippen molar-refractivity contribution in [1.82, 2.24) is 9.21 Å². The van der Waals surface area contributed by atoms with E-state index in [1.165, 1.54) is 4.31 Å². The molecule has 2 aromatic rings. The molecule has 1 N–H and O–H groups in total. The molecule has 0 aliphatic carbocycles. The zero-order valence-electron chi connectivity index (χ0n) is 16.2. The molecule has 0 aromatic heterocycles. The molecule has 1 amide bonds. The van der Waals surface area contributed by atoms with Gasteiger partial charge in [0.05, 0.1) is 4.90 Å². The molecule has 1 aliphatic rings. The van der Waals surface area contributed by atoms with Crippen LogP contribution in [-0.2, 0) is 14.8 Å². The smallest absolute Gasteiger partial charge is 0.243 e. The first kappa shape index (κ1) is 22.1. The number of benzene rings is 2. The number of rotatable bonds is 7. The fraction of sp³-hybridized carbons (Fsp3) is 0.350.